The van der Waals surface area contributed by atoms with E-state index in [2.05, 4.69) is 15.3 Å². The zero-order chi connectivity index (χ0) is 23.8. The molecule has 2 aromatic carbocycles. The number of aromatic nitrogens is 6. The van der Waals surface area contributed by atoms with Crippen molar-refractivity contribution in [1.82, 2.24) is 29.6 Å². The minimum absolute atomic E-state index is 0.0319. The summed E-state index contributed by atoms with van der Waals surface area (Å²) in [4.78, 5) is 12.0. The van der Waals surface area contributed by atoms with Gasteiger partial charge in [0.25, 0.3) is 0 Å². The number of rotatable bonds is 6. The third kappa shape index (κ3) is 3.40. The normalized spacial score (nSPS) is 11.2. The third-order valence-corrected chi connectivity index (χ3v) is 5.60. The summed E-state index contributed by atoms with van der Waals surface area (Å²) in [7, 11) is 4.53. The molecule has 5 rings (SSSR count). The van der Waals surface area contributed by atoms with Crippen molar-refractivity contribution in [1.29, 1.82) is 0 Å². The highest BCUT2D eigenvalue weighted by molar-refractivity contribution is 5.87. The van der Waals surface area contributed by atoms with Crippen LogP contribution in [0.2, 0.25) is 0 Å². The molecule has 0 saturated carbocycles. The topological polar surface area (TPSA) is 106 Å². The molecule has 5 aromatic rings. The van der Waals surface area contributed by atoms with Crippen molar-refractivity contribution in [3.05, 3.63) is 59.9 Å². The first-order valence-corrected chi connectivity index (χ1v) is 10.5. The van der Waals surface area contributed by atoms with Crippen LogP contribution in [0.15, 0.2) is 48.5 Å². The molecule has 0 atom stereocenters. The number of esters is 1. The van der Waals surface area contributed by atoms with Gasteiger partial charge in [0, 0.05) is 0 Å². The second-order valence-electron chi connectivity index (χ2n) is 7.58. The van der Waals surface area contributed by atoms with Crippen LogP contribution in [0, 0.1) is 6.92 Å². The Morgan fingerprint density at radius 2 is 1.71 bits per heavy atom. The van der Waals surface area contributed by atoms with E-state index in [1.165, 1.54) is 7.11 Å². The van der Waals surface area contributed by atoms with Gasteiger partial charge in [0.1, 0.15) is 5.69 Å². The lowest BCUT2D eigenvalue weighted by molar-refractivity contribution is -0.139. The average molecular weight is 458 g/mol. The van der Waals surface area contributed by atoms with Crippen LogP contribution in [-0.2, 0) is 16.0 Å². The zero-order valence-electron chi connectivity index (χ0n) is 19.1. The average Bonchev–Trinajstić information content (AvgIpc) is 3.41. The van der Waals surface area contributed by atoms with Crippen molar-refractivity contribution < 1.29 is 19.0 Å². The van der Waals surface area contributed by atoms with Gasteiger partial charge >= 0.3 is 5.97 Å². The van der Waals surface area contributed by atoms with Crippen molar-refractivity contribution in [3.63, 3.8) is 0 Å². The van der Waals surface area contributed by atoms with Gasteiger partial charge in [-0.15, -0.1) is 10.2 Å². The second-order valence-corrected chi connectivity index (χ2v) is 7.58. The first kappa shape index (κ1) is 21.4. The van der Waals surface area contributed by atoms with Crippen molar-refractivity contribution in [2.75, 3.05) is 21.3 Å². The molecule has 0 bridgehead atoms. The minimum atomic E-state index is -0.413. The molecule has 0 unspecified atom stereocenters. The van der Waals surface area contributed by atoms with Crippen LogP contribution < -0.4 is 9.47 Å². The molecule has 0 radical (unpaired) electrons. The molecule has 3 heterocycles. The highest BCUT2D eigenvalue weighted by Gasteiger charge is 2.24. The van der Waals surface area contributed by atoms with Crippen LogP contribution in [-0.4, -0.2) is 56.9 Å². The van der Waals surface area contributed by atoms with E-state index in [1.807, 2.05) is 55.5 Å². The number of benzene rings is 2. The number of methoxy groups -OCH3 is 3. The number of aryl methyl sites for hydroxylation is 1. The molecule has 0 aliphatic rings. The maximum absolute atomic E-state index is 12.0. The maximum Gasteiger partial charge on any atom is 0.311 e. The van der Waals surface area contributed by atoms with Crippen LogP contribution >= 0.6 is 0 Å². The molecule has 0 spiro atoms. The van der Waals surface area contributed by atoms with E-state index in [0.29, 0.717) is 34.0 Å². The number of hydrogen-bond donors (Lipinski definition) is 0. The quantitative estimate of drug-likeness (QED) is 0.357. The Morgan fingerprint density at radius 1 is 0.941 bits per heavy atom. The Bertz CT molecular complexity index is 1520. The van der Waals surface area contributed by atoms with Gasteiger partial charge in [0.15, 0.2) is 28.3 Å². The third-order valence-electron chi connectivity index (χ3n) is 5.60. The van der Waals surface area contributed by atoms with Crippen LogP contribution in [0.25, 0.3) is 33.6 Å². The molecular weight excluding hydrogens is 436 g/mol. The summed E-state index contributed by atoms with van der Waals surface area (Å²) >= 11 is 0. The number of ether oxygens (including phenoxy) is 3. The van der Waals surface area contributed by atoms with Gasteiger partial charge in [-0.3, -0.25) is 4.79 Å². The summed E-state index contributed by atoms with van der Waals surface area (Å²) in [5, 5.41) is 18.4. The van der Waals surface area contributed by atoms with E-state index in [4.69, 9.17) is 19.3 Å². The number of fused-ring (bicyclic) bond motifs is 3. The standard InChI is InChI=1S/C24H22N6O4/c1-14-21(15-10-11-18(32-2)19(12-15)33-3)23-26-25-22-17(13-20(31)34-4)28-29(24(22)30(23)27-14)16-8-6-5-7-9-16/h5-12H,13H2,1-4H3. The summed E-state index contributed by atoms with van der Waals surface area (Å²) in [6, 6.07) is 15.2. The Kier molecular flexibility index (Phi) is 5.33. The van der Waals surface area contributed by atoms with Gasteiger partial charge in [-0.2, -0.15) is 14.7 Å². The van der Waals surface area contributed by atoms with Crippen molar-refractivity contribution in [2.24, 2.45) is 0 Å². The lowest BCUT2D eigenvalue weighted by atomic mass is 10.1. The van der Waals surface area contributed by atoms with Crippen LogP contribution in [0.1, 0.15) is 11.4 Å². The molecule has 0 aliphatic heterocycles. The number of hydrogen-bond acceptors (Lipinski definition) is 8. The number of carbonyl (C=O) groups is 1. The Balaban J connectivity index is 1.79. The fraction of sp³-hybridized carbons (Fsp3) is 0.208. The summed E-state index contributed by atoms with van der Waals surface area (Å²) in [6.07, 6.45) is -0.0319. The number of carbonyl (C=O) groups excluding carboxylic acids is 1. The van der Waals surface area contributed by atoms with Crippen molar-refractivity contribution >= 4 is 22.8 Å². The molecule has 0 saturated heterocycles. The fourth-order valence-corrected chi connectivity index (χ4v) is 4.00. The van der Waals surface area contributed by atoms with Gasteiger partial charge in [0.2, 0.25) is 0 Å². The second kappa shape index (κ2) is 8.47. The highest BCUT2D eigenvalue weighted by Crippen LogP contribution is 2.36. The predicted octanol–water partition coefficient (Wildman–Crippen LogP) is 3.17. The lowest BCUT2D eigenvalue weighted by Crippen LogP contribution is -2.06. The van der Waals surface area contributed by atoms with E-state index in [1.54, 1.807) is 23.4 Å². The summed E-state index contributed by atoms with van der Waals surface area (Å²) < 4.78 is 19.1. The van der Waals surface area contributed by atoms with E-state index < -0.39 is 5.97 Å². The minimum Gasteiger partial charge on any atom is -0.493 e. The molecule has 0 fully saturated rings. The molecule has 0 aliphatic carbocycles. The van der Waals surface area contributed by atoms with E-state index in [9.17, 15) is 4.79 Å². The molecule has 10 nitrogen and oxygen atoms in total. The molecule has 34 heavy (non-hydrogen) atoms. The van der Waals surface area contributed by atoms with E-state index in [0.717, 1.165) is 22.5 Å². The van der Waals surface area contributed by atoms with Crippen LogP contribution in [0.4, 0.5) is 0 Å². The van der Waals surface area contributed by atoms with E-state index in [-0.39, 0.29) is 6.42 Å². The van der Waals surface area contributed by atoms with Gasteiger partial charge in [0.05, 0.1) is 44.7 Å². The lowest BCUT2D eigenvalue weighted by Gasteiger charge is -2.09. The largest absolute Gasteiger partial charge is 0.493 e. The molecular formula is C24H22N6O4. The van der Waals surface area contributed by atoms with Crippen LogP contribution in [0.5, 0.6) is 11.5 Å². The summed E-state index contributed by atoms with van der Waals surface area (Å²) in [5.41, 5.74) is 5.32. The van der Waals surface area contributed by atoms with E-state index >= 15 is 0 Å². The smallest absolute Gasteiger partial charge is 0.311 e. The van der Waals surface area contributed by atoms with Crippen LogP contribution in [0.3, 0.4) is 0 Å². The molecule has 3 aromatic heterocycles. The van der Waals surface area contributed by atoms with Gasteiger partial charge in [-0.1, -0.05) is 24.3 Å². The molecule has 10 heteroatoms. The van der Waals surface area contributed by atoms with Gasteiger partial charge in [-0.05, 0) is 36.8 Å². The molecule has 172 valence electrons. The first-order chi connectivity index (χ1) is 16.5. The fourth-order valence-electron chi connectivity index (χ4n) is 4.00. The Labute approximate surface area is 194 Å². The van der Waals surface area contributed by atoms with Gasteiger partial charge < -0.3 is 14.2 Å². The van der Waals surface area contributed by atoms with Crippen molar-refractivity contribution in [2.45, 2.75) is 13.3 Å². The molecule has 0 N–H and O–H groups in total. The summed E-state index contributed by atoms with van der Waals surface area (Å²) in [6.45, 7) is 1.91. The first-order valence-electron chi connectivity index (χ1n) is 10.5. The molecule has 0 amide bonds. The highest BCUT2D eigenvalue weighted by atomic mass is 16.5. The Morgan fingerprint density at radius 3 is 2.41 bits per heavy atom. The summed E-state index contributed by atoms with van der Waals surface area (Å²) in [5.74, 6) is 0.815. The van der Waals surface area contributed by atoms with Gasteiger partial charge in [-0.25, -0.2) is 4.68 Å². The predicted molar refractivity (Wildman–Crippen MR) is 124 cm³/mol. The van der Waals surface area contributed by atoms with Crippen molar-refractivity contribution in [3.8, 4) is 28.3 Å². The monoisotopic (exact) mass is 458 g/mol. The maximum atomic E-state index is 12.0. The SMILES string of the molecule is COC(=O)Cc1nn(-c2ccccc2)c2c1nnc1c(-c3ccc(OC)c(OC)c3)c(C)nn12. The Hall–Kier alpha value is -4.47. The number of nitrogens with zero attached hydrogens (tertiary/aromatic N) is 6. The number of para-hydroxylation sites is 1. The zero-order valence-corrected chi connectivity index (χ0v) is 19.1.